The van der Waals surface area contributed by atoms with Crippen LogP contribution >= 0.6 is 0 Å². The van der Waals surface area contributed by atoms with E-state index >= 15 is 0 Å². The Hall–Kier alpha value is -2.62. The number of ketones is 1. The molecule has 4 heteroatoms. The van der Waals surface area contributed by atoms with Gasteiger partial charge in [-0.25, -0.2) is 0 Å². The predicted molar refractivity (Wildman–Crippen MR) is 85.8 cm³/mol. The molecule has 118 valence electrons. The first-order valence-electron chi connectivity index (χ1n) is 7.60. The molecule has 1 heterocycles. The molecule has 0 saturated carbocycles. The quantitative estimate of drug-likeness (QED) is 0.867. The van der Waals surface area contributed by atoms with Gasteiger partial charge in [0.05, 0.1) is 0 Å². The van der Waals surface area contributed by atoms with Crippen LogP contribution in [0.3, 0.4) is 0 Å². The number of hydrogen-bond donors (Lipinski definition) is 1. The lowest BCUT2D eigenvalue weighted by Gasteiger charge is -2.33. The summed E-state index contributed by atoms with van der Waals surface area (Å²) < 4.78 is 5.45. The summed E-state index contributed by atoms with van der Waals surface area (Å²) in [6.07, 6.45) is 6.67. The van der Waals surface area contributed by atoms with Gasteiger partial charge in [-0.15, -0.1) is 0 Å². The fourth-order valence-electron chi connectivity index (χ4n) is 3.14. The Bertz CT molecular complexity index is 712. The van der Waals surface area contributed by atoms with Gasteiger partial charge in [0.15, 0.2) is 0 Å². The van der Waals surface area contributed by atoms with Gasteiger partial charge in [0.2, 0.25) is 0 Å². The highest BCUT2D eigenvalue weighted by Gasteiger charge is 2.42. The summed E-state index contributed by atoms with van der Waals surface area (Å²) in [5.74, 6) is -1.82. The minimum Gasteiger partial charge on any atom is -0.511 e. The number of carbonyl (C=O) groups excluding carboxylic acids is 2. The van der Waals surface area contributed by atoms with E-state index < -0.39 is 23.9 Å². The largest absolute Gasteiger partial charge is 0.511 e. The molecule has 0 fully saturated rings. The predicted octanol–water partition coefficient (Wildman–Crippen LogP) is 3.23. The van der Waals surface area contributed by atoms with E-state index in [1.54, 1.807) is 24.3 Å². The standard InChI is InChI=1S/C19H18O4/c1-12(20)11-15(13-7-3-2-4-8-13)17-18(21)14-9-5-6-10-16(14)23-19(17)22/h2-10,15-17,21H,11H2,1H3. The number of hydrogen-bond acceptors (Lipinski definition) is 4. The number of Topliss-reactive ketones (excluding diaryl/α,β-unsaturated/α-hetero) is 1. The number of carbonyl (C=O) groups is 2. The molecular formula is C19H18O4. The first-order chi connectivity index (χ1) is 11.1. The van der Waals surface area contributed by atoms with Crippen molar-refractivity contribution in [2.45, 2.75) is 25.4 Å². The van der Waals surface area contributed by atoms with Gasteiger partial charge >= 0.3 is 5.97 Å². The monoisotopic (exact) mass is 310 g/mol. The van der Waals surface area contributed by atoms with Crippen molar-refractivity contribution in [2.75, 3.05) is 0 Å². The normalized spacial score (nSPS) is 24.1. The van der Waals surface area contributed by atoms with Crippen LogP contribution in [-0.4, -0.2) is 23.0 Å². The molecule has 0 amide bonds. The van der Waals surface area contributed by atoms with Gasteiger partial charge in [0.1, 0.15) is 23.6 Å². The summed E-state index contributed by atoms with van der Waals surface area (Å²) in [6, 6.07) is 9.30. The zero-order valence-corrected chi connectivity index (χ0v) is 12.8. The van der Waals surface area contributed by atoms with E-state index in [2.05, 4.69) is 0 Å². The van der Waals surface area contributed by atoms with E-state index in [1.807, 2.05) is 30.3 Å². The molecule has 1 aliphatic carbocycles. The summed E-state index contributed by atoms with van der Waals surface area (Å²) >= 11 is 0. The molecule has 0 saturated heterocycles. The Labute approximate surface area is 134 Å². The van der Waals surface area contributed by atoms with Crippen LogP contribution in [-0.2, 0) is 14.3 Å². The van der Waals surface area contributed by atoms with Crippen LogP contribution in [0.15, 0.2) is 66.0 Å². The molecule has 1 aromatic carbocycles. The fraction of sp³-hybridized carbons (Fsp3) is 0.263. The van der Waals surface area contributed by atoms with Crippen molar-refractivity contribution in [3.63, 3.8) is 0 Å². The van der Waals surface area contributed by atoms with E-state index in [0.717, 1.165) is 5.56 Å². The number of aliphatic hydroxyl groups is 1. The van der Waals surface area contributed by atoms with Crippen molar-refractivity contribution >= 4 is 11.8 Å². The zero-order valence-electron chi connectivity index (χ0n) is 12.8. The van der Waals surface area contributed by atoms with Crippen LogP contribution in [0.25, 0.3) is 0 Å². The first kappa shape index (κ1) is 15.3. The topological polar surface area (TPSA) is 63.6 Å². The highest BCUT2D eigenvalue weighted by atomic mass is 16.5. The molecule has 1 N–H and O–H groups in total. The Morgan fingerprint density at radius 1 is 1.26 bits per heavy atom. The van der Waals surface area contributed by atoms with Gasteiger partial charge in [0, 0.05) is 17.9 Å². The molecule has 0 radical (unpaired) electrons. The van der Waals surface area contributed by atoms with E-state index in [0.29, 0.717) is 5.57 Å². The first-order valence-corrected chi connectivity index (χ1v) is 7.60. The molecule has 23 heavy (non-hydrogen) atoms. The average molecular weight is 310 g/mol. The maximum atomic E-state index is 12.5. The minimum atomic E-state index is -0.858. The minimum absolute atomic E-state index is 0.00181. The van der Waals surface area contributed by atoms with Crippen LogP contribution in [0.2, 0.25) is 0 Å². The SMILES string of the molecule is CC(=O)CC(c1ccccc1)C1C(=O)OC2C=CC=CC2=C1O. The lowest BCUT2D eigenvalue weighted by molar-refractivity contribution is -0.153. The van der Waals surface area contributed by atoms with Crippen LogP contribution in [0.5, 0.6) is 0 Å². The van der Waals surface area contributed by atoms with Gasteiger partial charge in [-0.05, 0) is 18.6 Å². The Kier molecular flexibility index (Phi) is 4.15. The lowest BCUT2D eigenvalue weighted by Crippen LogP contribution is -2.37. The molecule has 3 unspecified atom stereocenters. The lowest BCUT2D eigenvalue weighted by atomic mass is 9.78. The molecule has 3 atom stereocenters. The van der Waals surface area contributed by atoms with E-state index in [9.17, 15) is 14.7 Å². The highest BCUT2D eigenvalue weighted by molar-refractivity contribution is 5.82. The molecule has 0 spiro atoms. The second kappa shape index (κ2) is 6.24. The summed E-state index contributed by atoms with van der Waals surface area (Å²) in [5, 5.41) is 10.7. The molecular weight excluding hydrogens is 292 g/mol. The summed E-state index contributed by atoms with van der Waals surface area (Å²) in [4.78, 5) is 24.2. The number of fused-ring (bicyclic) bond motifs is 1. The van der Waals surface area contributed by atoms with Crippen molar-refractivity contribution in [3.8, 4) is 0 Å². The molecule has 2 aliphatic rings. The smallest absolute Gasteiger partial charge is 0.318 e. The van der Waals surface area contributed by atoms with Crippen molar-refractivity contribution in [1.29, 1.82) is 0 Å². The van der Waals surface area contributed by atoms with Gasteiger partial charge in [-0.2, -0.15) is 0 Å². The molecule has 1 aliphatic heterocycles. The van der Waals surface area contributed by atoms with E-state index in [-0.39, 0.29) is 18.0 Å². The van der Waals surface area contributed by atoms with Crippen molar-refractivity contribution in [3.05, 3.63) is 71.5 Å². The molecule has 0 aromatic heterocycles. The fourth-order valence-corrected chi connectivity index (χ4v) is 3.14. The van der Waals surface area contributed by atoms with Gasteiger partial charge in [0.25, 0.3) is 0 Å². The van der Waals surface area contributed by atoms with Gasteiger partial charge in [-0.3, -0.25) is 4.79 Å². The second-order valence-electron chi connectivity index (χ2n) is 5.84. The molecule has 1 aromatic rings. The Morgan fingerprint density at radius 2 is 2.00 bits per heavy atom. The Balaban J connectivity index is 2.04. The number of allylic oxidation sites excluding steroid dienone is 2. The molecule has 0 bridgehead atoms. The van der Waals surface area contributed by atoms with E-state index in [4.69, 9.17) is 4.74 Å². The zero-order chi connectivity index (χ0) is 16.4. The summed E-state index contributed by atoms with van der Waals surface area (Å²) in [5.41, 5.74) is 1.42. The third kappa shape index (κ3) is 2.97. The number of esters is 1. The van der Waals surface area contributed by atoms with Crippen molar-refractivity contribution in [1.82, 2.24) is 0 Å². The van der Waals surface area contributed by atoms with Crippen LogP contribution in [0.1, 0.15) is 24.8 Å². The summed E-state index contributed by atoms with van der Waals surface area (Å²) in [7, 11) is 0. The van der Waals surface area contributed by atoms with E-state index in [1.165, 1.54) is 6.92 Å². The van der Waals surface area contributed by atoms with Crippen LogP contribution in [0, 0.1) is 5.92 Å². The maximum absolute atomic E-state index is 12.5. The number of rotatable bonds is 4. The van der Waals surface area contributed by atoms with Crippen LogP contribution in [0.4, 0.5) is 0 Å². The Morgan fingerprint density at radius 3 is 2.70 bits per heavy atom. The summed E-state index contributed by atoms with van der Waals surface area (Å²) in [6.45, 7) is 1.49. The molecule has 3 rings (SSSR count). The van der Waals surface area contributed by atoms with Gasteiger partial charge in [-0.1, -0.05) is 48.6 Å². The third-order valence-electron chi connectivity index (χ3n) is 4.20. The van der Waals surface area contributed by atoms with Crippen molar-refractivity contribution < 1.29 is 19.4 Å². The van der Waals surface area contributed by atoms with Gasteiger partial charge < -0.3 is 14.6 Å². The highest BCUT2D eigenvalue weighted by Crippen LogP contribution is 2.39. The van der Waals surface area contributed by atoms with Crippen molar-refractivity contribution in [2.24, 2.45) is 5.92 Å². The van der Waals surface area contributed by atoms with Crippen LogP contribution < -0.4 is 0 Å². The third-order valence-corrected chi connectivity index (χ3v) is 4.20. The molecule has 4 nitrogen and oxygen atoms in total. The maximum Gasteiger partial charge on any atom is 0.318 e. The number of ether oxygens (including phenoxy) is 1. The second-order valence-corrected chi connectivity index (χ2v) is 5.84. The number of benzene rings is 1. The number of aliphatic hydroxyl groups excluding tert-OH is 1. The average Bonchev–Trinajstić information content (AvgIpc) is 2.54.